The van der Waals surface area contributed by atoms with Gasteiger partial charge in [-0.3, -0.25) is 0 Å². The highest BCUT2D eigenvalue weighted by Gasteiger charge is 2.20. The standard InChI is InChI=1S/C16H15ClF2O2/c1-20-11-5-3-10(4-6-11)7-13(17)16-14(18)8-12(21-2)9-15(16)19/h3-6,8-9,13H,7H2,1-2H3. The lowest BCUT2D eigenvalue weighted by atomic mass is 10.0. The van der Waals surface area contributed by atoms with Gasteiger partial charge in [-0.25, -0.2) is 8.78 Å². The highest BCUT2D eigenvalue weighted by Crippen LogP contribution is 2.32. The average molecular weight is 313 g/mol. The zero-order chi connectivity index (χ0) is 15.4. The summed E-state index contributed by atoms with van der Waals surface area (Å²) >= 11 is 6.17. The van der Waals surface area contributed by atoms with Crippen LogP contribution in [0.2, 0.25) is 0 Å². The van der Waals surface area contributed by atoms with Crippen molar-refractivity contribution in [3.8, 4) is 11.5 Å². The maximum absolute atomic E-state index is 13.9. The molecule has 0 aliphatic rings. The van der Waals surface area contributed by atoms with E-state index < -0.39 is 17.0 Å². The van der Waals surface area contributed by atoms with Crippen molar-refractivity contribution in [2.24, 2.45) is 0 Å². The van der Waals surface area contributed by atoms with Crippen LogP contribution in [-0.4, -0.2) is 14.2 Å². The lowest BCUT2D eigenvalue weighted by molar-refractivity contribution is 0.405. The highest BCUT2D eigenvalue weighted by atomic mass is 35.5. The van der Waals surface area contributed by atoms with Gasteiger partial charge in [0.1, 0.15) is 23.1 Å². The zero-order valence-corrected chi connectivity index (χ0v) is 12.5. The van der Waals surface area contributed by atoms with E-state index in [1.165, 1.54) is 7.11 Å². The van der Waals surface area contributed by atoms with Crippen LogP contribution < -0.4 is 9.47 Å². The molecule has 0 radical (unpaired) electrons. The maximum Gasteiger partial charge on any atom is 0.134 e. The normalized spacial score (nSPS) is 12.0. The summed E-state index contributed by atoms with van der Waals surface area (Å²) in [5, 5.41) is -0.802. The van der Waals surface area contributed by atoms with E-state index in [-0.39, 0.29) is 11.3 Å². The molecule has 112 valence electrons. The van der Waals surface area contributed by atoms with Gasteiger partial charge in [0.05, 0.1) is 19.6 Å². The van der Waals surface area contributed by atoms with E-state index in [0.29, 0.717) is 12.2 Å². The number of hydrogen-bond donors (Lipinski definition) is 0. The predicted molar refractivity (Wildman–Crippen MR) is 78.2 cm³/mol. The first kappa shape index (κ1) is 15.6. The molecule has 0 amide bonds. The minimum absolute atomic E-state index is 0.127. The largest absolute Gasteiger partial charge is 0.497 e. The minimum atomic E-state index is -0.802. The fourth-order valence-corrected chi connectivity index (χ4v) is 2.44. The van der Waals surface area contributed by atoms with Gasteiger partial charge in [-0.2, -0.15) is 0 Å². The Morgan fingerprint density at radius 2 is 1.48 bits per heavy atom. The van der Waals surface area contributed by atoms with Crippen LogP contribution in [0.25, 0.3) is 0 Å². The number of rotatable bonds is 5. The predicted octanol–water partition coefficient (Wildman–Crippen LogP) is 4.50. The number of ether oxygens (including phenoxy) is 2. The van der Waals surface area contributed by atoms with Gasteiger partial charge in [0, 0.05) is 17.7 Å². The van der Waals surface area contributed by atoms with Crippen LogP contribution in [0.15, 0.2) is 36.4 Å². The second-order valence-corrected chi connectivity index (χ2v) is 5.05. The van der Waals surface area contributed by atoms with Gasteiger partial charge < -0.3 is 9.47 Å². The Morgan fingerprint density at radius 1 is 0.952 bits per heavy atom. The van der Waals surface area contributed by atoms with E-state index in [9.17, 15) is 8.78 Å². The minimum Gasteiger partial charge on any atom is -0.497 e. The van der Waals surface area contributed by atoms with Crippen molar-refractivity contribution in [3.05, 3.63) is 59.2 Å². The van der Waals surface area contributed by atoms with Crippen molar-refractivity contribution < 1.29 is 18.3 Å². The van der Waals surface area contributed by atoms with E-state index >= 15 is 0 Å². The molecule has 0 heterocycles. The molecule has 0 saturated heterocycles. The molecule has 2 aromatic carbocycles. The highest BCUT2D eigenvalue weighted by molar-refractivity contribution is 6.21. The van der Waals surface area contributed by atoms with E-state index in [0.717, 1.165) is 17.7 Å². The van der Waals surface area contributed by atoms with Gasteiger partial charge in [-0.05, 0) is 24.1 Å². The van der Waals surface area contributed by atoms with Gasteiger partial charge in [-0.1, -0.05) is 12.1 Å². The number of benzene rings is 2. The molecule has 2 rings (SSSR count). The number of halogens is 3. The van der Waals surface area contributed by atoms with Gasteiger partial charge in [-0.15, -0.1) is 11.6 Å². The molecule has 5 heteroatoms. The van der Waals surface area contributed by atoms with Crippen molar-refractivity contribution in [2.75, 3.05) is 14.2 Å². The van der Waals surface area contributed by atoms with E-state index in [1.807, 2.05) is 12.1 Å². The Hall–Kier alpha value is -1.81. The van der Waals surface area contributed by atoms with Crippen LogP contribution in [-0.2, 0) is 6.42 Å². The Bertz CT molecular complexity index is 591. The first-order chi connectivity index (χ1) is 10.0. The van der Waals surface area contributed by atoms with Gasteiger partial charge in [0.2, 0.25) is 0 Å². The molecular weight excluding hydrogens is 298 g/mol. The van der Waals surface area contributed by atoms with Crippen LogP contribution >= 0.6 is 11.6 Å². The summed E-state index contributed by atoms with van der Waals surface area (Å²) in [5.41, 5.74) is 0.721. The number of alkyl halides is 1. The molecule has 0 fully saturated rings. The van der Waals surface area contributed by atoms with E-state index in [1.54, 1.807) is 19.2 Å². The molecule has 1 atom stereocenters. The Morgan fingerprint density at radius 3 is 1.95 bits per heavy atom. The summed E-state index contributed by atoms with van der Waals surface area (Å²) < 4.78 is 37.8. The third-order valence-corrected chi connectivity index (χ3v) is 3.55. The Labute approximate surface area is 127 Å². The third kappa shape index (κ3) is 3.64. The summed E-state index contributed by atoms with van der Waals surface area (Å²) in [6, 6.07) is 9.43. The van der Waals surface area contributed by atoms with Crippen molar-refractivity contribution in [1.82, 2.24) is 0 Å². The summed E-state index contributed by atoms with van der Waals surface area (Å²) in [7, 11) is 2.92. The van der Waals surface area contributed by atoms with Crippen molar-refractivity contribution in [1.29, 1.82) is 0 Å². The molecule has 0 N–H and O–H groups in total. The molecule has 2 aromatic rings. The Balaban J connectivity index is 2.21. The third-order valence-electron chi connectivity index (χ3n) is 3.18. The van der Waals surface area contributed by atoms with Gasteiger partial charge >= 0.3 is 0 Å². The summed E-state index contributed by atoms with van der Waals surface area (Å²) in [4.78, 5) is 0. The fourth-order valence-electron chi connectivity index (χ4n) is 2.05. The molecule has 0 aliphatic heterocycles. The molecule has 0 bridgehead atoms. The van der Waals surface area contributed by atoms with Crippen molar-refractivity contribution in [3.63, 3.8) is 0 Å². The fraction of sp³-hybridized carbons (Fsp3) is 0.250. The Kier molecular flexibility index (Phi) is 5.02. The smallest absolute Gasteiger partial charge is 0.134 e. The van der Waals surface area contributed by atoms with Crippen molar-refractivity contribution >= 4 is 11.6 Å². The maximum atomic E-state index is 13.9. The van der Waals surface area contributed by atoms with E-state index in [4.69, 9.17) is 21.1 Å². The lowest BCUT2D eigenvalue weighted by Gasteiger charge is -2.13. The van der Waals surface area contributed by atoms with Crippen LogP contribution in [0, 0.1) is 11.6 Å². The topological polar surface area (TPSA) is 18.5 Å². The molecule has 0 aromatic heterocycles. The van der Waals surface area contributed by atoms with Crippen LogP contribution in [0.5, 0.6) is 11.5 Å². The average Bonchev–Trinajstić information content (AvgIpc) is 2.47. The summed E-state index contributed by atoms with van der Waals surface area (Å²) in [5.74, 6) is -0.575. The second-order valence-electron chi connectivity index (χ2n) is 4.52. The lowest BCUT2D eigenvalue weighted by Crippen LogP contribution is -2.03. The summed E-state index contributed by atoms with van der Waals surface area (Å²) in [6.07, 6.45) is 0.311. The molecule has 1 unspecified atom stereocenters. The van der Waals surface area contributed by atoms with Gasteiger partial charge in [0.15, 0.2) is 0 Å². The monoisotopic (exact) mass is 312 g/mol. The SMILES string of the molecule is COc1ccc(CC(Cl)c2c(F)cc(OC)cc2F)cc1. The van der Waals surface area contributed by atoms with Crippen LogP contribution in [0.3, 0.4) is 0 Å². The molecule has 0 aliphatic carbocycles. The first-order valence-electron chi connectivity index (χ1n) is 6.35. The van der Waals surface area contributed by atoms with Crippen LogP contribution in [0.1, 0.15) is 16.5 Å². The zero-order valence-electron chi connectivity index (χ0n) is 11.7. The van der Waals surface area contributed by atoms with Crippen molar-refractivity contribution in [2.45, 2.75) is 11.8 Å². The molecule has 2 nitrogen and oxygen atoms in total. The molecule has 0 saturated carbocycles. The summed E-state index contributed by atoms with van der Waals surface area (Å²) in [6.45, 7) is 0. The molecular formula is C16H15ClF2O2. The quantitative estimate of drug-likeness (QED) is 0.757. The van der Waals surface area contributed by atoms with Gasteiger partial charge in [0.25, 0.3) is 0 Å². The molecule has 0 spiro atoms. The molecule has 21 heavy (non-hydrogen) atoms. The first-order valence-corrected chi connectivity index (χ1v) is 6.78. The van der Waals surface area contributed by atoms with Crippen LogP contribution in [0.4, 0.5) is 8.78 Å². The number of methoxy groups -OCH3 is 2. The van der Waals surface area contributed by atoms with E-state index in [2.05, 4.69) is 0 Å². The number of hydrogen-bond acceptors (Lipinski definition) is 2. The second kappa shape index (κ2) is 6.76.